The molecule has 112 valence electrons. The minimum Gasteiger partial charge on any atom is -0.309 e. The molecule has 1 aliphatic carbocycles. The van der Waals surface area contributed by atoms with Crippen LogP contribution < -0.4 is 5.32 Å². The first-order chi connectivity index (χ1) is 10.4. The van der Waals surface area contributed by atoms with Crippen LogP contribution in [0.3, 0.4) is 0 Å². The van der Waals surface area contributed by atoms with E-state index in [1.807, 2.05) is 23.7 Å². The van der Waals surface area contributed by atoms with Gasteiger partial charge in [0.05, 0.1) is 0 Å². The Kier molecular flexibility index (Phi) is 5.04. The van der Waals surface area contributed by atoms with Crippen LogP contribution in [0, 0.1) is 0 Å². The molecule has 1 unspecified atom stereocenters. The van der Waals surface area contributed by atoms with Crippen LogP contribution >= 0.6 is 11.3 Å². The third-order valence-corrected chi connectivity index (χ3v) is 5.54. The number of thiophene rings is 1. The van der Waals surface area contributed by atoms with Crippen molar-refractivity contribution in [1.29, 1.82) is 0 Å². The van der Waals surface area contributed by atoms with Gasteiger partial charge in [-0.15, -0.1) is 11.3 Å². The lowest BCUT2D eigenvalue weighted by molar-refractivity contribution is 0.536. The number of hydrogen-bond donors (Lipinski definition) is 1. The minimum absolute atomic E-state index is 0.447. The van der Waals surface area contributed by atoms with E-state index in [9.17, 15) is 0 Å². The molecule has 1 N–H and O–H groups in total. The highest BCUT2D eigenvalue weighted by atomic mass is 32.1. The summed E-state index contributed by atoms with van der Waals surface area (Å²) in [6, 6.07) is 7.18. The smallest absolute Gasteiger partial charge is 0.0455 e. The first-order valence-electron chi connectivity index (χ1n) is 8.10. The van der Waals surface area contributed by atoms with Gasteiger partial charge in [-0.1, -0.05) is 6.92 Å². The molecule has 2 heterocycles. The van der Waals surface area contributed by atoms with Gasteiger partial charge in [-0.25, -0.2) is 0 Å². The molecule has 3 rings (SSSR count). The molecule has 1 aliphatic rings. The average molecular weight is 300 g/mol. The molecule has 0 aliphatic heterocycles. The van der Waals surface area contributed by atoms with E-state index in [1.165, 1.54) is 42.5 Å². The van der Waals surface area contributed by atoms with Gasteiger partial charge in [0.15, 0.2) is 0 Å². The highest BCUT2D eigenvalue weighted by Crippen LogP contribution is 2.34. The van der Waals surface area contributed by atoms with Gasteiger partial charge in [0.25, 0.3) is 0 Å². The van der Waals surface area contributed by atoms with Crippen molar-refractivity contribution in [2.45, 2.75) is 51.5 Å². The summed E-state index contributed by atoms with van der Waals surface area (Å²) in [5, 5.41) is 3.73. The van der Waals surface area contributed by atoms with Crippen molar-refractivity contribution in [3.63, 3.8) is 0 Å². The topological polar surface area (TPSA) is 24.9 Å². The summed E-state index contributed by atoms with van der Waals surface area (Å²) in [6.45, 7) is 3.31. The molecule has 2 aromatic heterocycles. The van der Waals surface area contributed by atoms with Gasteiger partial charge < -0.3 is 5.32 Å². The van der Waals surface area contributed by atoms with Gasteiger partial charge in [-0.2, -0.15) is 0 Å². The fourth-order valence-corrected chi connectivity index (χ4v) is 4.36. The summed E-state index contributed by atoms with van der Waals surface area (Å²) in [7, 11) is 0. The van der Waals surface area contributed by atoms with E-state index >= 15 is 0 Å². The average Bonchev–Trinajstić information content (AvgIpc) is 2.96. The van der Waals surface area contributed by atoms with Gasteiger partial charge in [0.2, 0.25) is 0 Å². The SMILES string of the molecule is CCCNC(Cc1ccncc1)c1cc2c(s1)CCCC2. The fourth-order valence-electron chi connectivity index (χ4n) is 3.03. The summed E-state index contributed by atoms with van der Waals surface area (Å²) >= 11 is 2.03. The molecule has 0 bridgehead atoms. The van der Waals surface area contributed by atoms with Gasteiger partial charge in [-0.3, -0.25) is 4.98 Å². The number of rotatable bonds is 6. The molecule has 0 aromatic carbocycles. The molecule has 2 nitrogen and oxygen atoms in total. The lowest BCUT2D eigenvalue weighted by Crippen LogP contribution is -2.23. The van der Waals surface area contributed by atoms with Crippen LogP contribution in [0.1, 0.15) is 53.1 Å². The molecule has 21 heavy (non-hydrogen) atoms. The van der Waals surface area contributed by atoms with E-state index in [4.69, 9.17) is 0 Å². The number of aromatic nitrogens is 1. The van der Waals surface area contributed by atoms with E-state index < -0.39 is 0 Å². The van der Waals surface area contributed by atoms with E-state index in [2.05, 4.69) is 35.4 Å². The number of pyridine rings is 1. The van der Waals surface area contributed by atoms with E-state index in [0.29, 0.717) is 6.04 Å². The molecular weight excluding hydrogens is 276 g/mol. The first-order valence-corrected chi connectivity index (χ1v) is 8.92. The Labute approximate surface area is 131 Å². The van der Waals surface area contributed by atoms with Gasteiger partial charge >= 0.3 is 0 Å². The Morgan fingerprint density at radius 3 is 2.81 bits per heavy atom. The predicted molar refractivity (Wildman–Crippen MR) is 89.9 cm³/mol. The number of aryl methyl sites for hydroxylation is 2. The van der Waals surface area contributed by atoms with Crippen LogP contribution in [0.4, 0.5) is 0 Å². The van der Waals surface area contributed by atoms with E-state index in [-0.39, 0.29) is 0 Å². The third-order valence-electron chi connectivity index (χ3n) is 4.19. The molecule has 2 aromatic rings. The Hall–Kier alpha value is -1.19. The highest BCUT2D eigenvalue weighted by molar-refractivity contribution is 7.12. The van der Waals surface area contributed by atoms with Crippen molar-refractivity contribution in [3.8, 4) is 0 Å². The van der Waals surface area contributed by atoms with Gasteiger partial charge in [-0.05, 0) is 74.4 Å². The number of hydrogen-bond acceptors (Lipinski definition) is 3. The summed E-state index contributed by atoms with van der Waals surface area (Å²) in [6.07, 6.45) is 11.3. The second-order valence-corrected chi connectivity index (χ2v) is 7.04. The van der Waals surface area contributed by atoms with Crippen molar-refractivity contribution in [3.05, 3.63) is 51.5 Å². The summed E-state index contributed by atoms with van der Waals surface area (Å²) in [5.74, 6) is 0. The van der Waals surface area contributed by atoms with Gasteiger partial charge in [0.1, 0.15) is 0 Å². The Balaban J connectivity index is 1.79. The summed E-state index contributed by atoms with van der Waals surface area (Å²) in [5.41, 5.74) is 2.98. The normalized spacial score (nSPS) is 15.7. The van der Waals surface area contributed by atoms with E-state index in [0.717, 1.165) is 13.0 Å². The zero-order valence-corrected chi connectivity index (χ0v) is 13.6. The molecule has 0 radical (unpaired) electrons. The molecule has 0 spiro atoms. The molecule has 1 atom stereocenters. The second kappa shape index (κ2) is 7.19. The predicted octanol–water partition coefficient (Wildman–Crippen LogP) is 4.31. The Morgan fingerprint density at radius 2 is 2.05 bits per heavy atom. The number of nitrogens with zero attached hydrogens (tertiary/aromatic N) is 1. The maximum Gasteiger partial charge on any atom is 0.0455 e. The second-order valence-electron chi connectivity index (χ2n) is 5.87. The minimum atomic E-state index is 0.447. The molecular formula is C18H24N2S. The van der Waals surface area contributed by atoms with Crippen LogP contribution in [-0.2, 0) is 19.3 Å². The van der Waals surface area contributed by atoms with Crippen LogP contribution in [0.25, 0.3) is 0 Å². The van der Waals surface area contributed by atoms with Crippen molar-refractivity contribution in [2.24, 2.45) is 0 Å². The first kappa shape index (κ1) is 14.7. The molecule has 0 saturated heterocycles. The van der Waals surface area contributed by atoms with Crippen molar-refractivity contribution < 1.29 is 0 Å². The monoisotopic (exact) mass is 300 g/mol. The van der Waals surface area contributed by atoms with Crippen molar-refractivity contribution in [2.75, 3.05) is 6.54 Å². The summed E-state index contributed by atoms with van der Waals surface area (Å²) < 4.78 is 0. The third kappa shape index (κ3) is 3.72. The number of nitrogens with one attached hydrogen (secondary N) is 1. The highest BCUT2D eigenvalue weighted by Gasteiger charge is 2.19. The van der Waals surface area contributed by atoms with Crippen LogP contribution in [-0.4, -0.2) is 11.5 Å². The molecule has 0 saturated carbocycles. The number of fused-ring (bicyclic) bond motifs is 1. The Morgan fingerprint density at radius 1 is 1.24 bits per heavy atom. The van der Waals surface area contributed by atoms with Crippen molar-refractivity contribution >= 4 is 11.3 Å². The molecule has 0 fully saturated rings. The molecule has 3 heteroatoms. The van der Waals surface area contributed by atoms with E-state index in [1.54, 1.807) is 10.4 Å². The largest absolute Gasteiger partial charge is 0.309 e. The van der Waals surface area contributed by atoms with Crippen LogP contribution in [0.2, 0.25) is 0 Å². The van der Waals surface area contributed by atoms with Crippen molar-refractivity contribution in [1.82, 2.24) is 10.3 Å². The van der Waals surface area contributed by atoms with Crippen LogP contribution in [0.5, 0.6) is 0 Å². The fraction of sp³-hybridized carbons (Fsp3) is 0.500. The zero-order chi connectivity index (χ0) is 14.5. The lowest BCUT2D eigenvalue weighted by atomic mass is 9.98. The zero-order valence-electron chi connectivity index (χ0n) is 12.8. The van der Waals surface area contributed by atoms with Gasteiger partial charge in [0, 0.05) is 28.2 Å². The maximum absolute atomic E-state index is 4.12. The lowest BCUT2D eigenvalue weighted by Gasteiger charge is -2.17. The summed E-state index contributed by atoms with van der Waals surface area (Å²) in [4.78, 5) is 7.28. The standard InChI is InChI=1S/C18H24N2S/c1-2-9-20-16(12-14-7-10-19-11-8-14)18-13-15-5-3-4-6-17(15)21-18/h7-8,10-11,13,16,20H,2-6,9,12H2,1H3. The Bertz CT molecular complexity index is 538. The quantitative estimate of drug-likeness (QED) is 0.860. The molecule has 0 amide bonds. The van der Waals surface area contributed by atoms with Crippen LogP contribution in [0.15, 0.2) is 30.6 Å². The maximum atomic E-state index is 4.12.